The molecule has 1 atom stereocenters. The van der Waals surface area contributed by atoms with Crippen LogP contribution in [0.5, 0.6) is 0 Å². The molecule has 0 radical (unpaired) electrons. The monoisotopic (exact) mass is 335 g/mol. The molecule has 1 unspecified atom stereocenters. The Kier molecular flexibility index (Phi) is 5.26. The van der Waals surface area contributed by atoms with Crippen LogP contribution in [0.1, 0.15) is 33.2 Å². The van der Waals surface area contributed by atoms with Gasteiger partial charge in [0.1, 0.15) is 0 Å². The second kappa shape index (κ2) is 7.77. The van der Waals surface area contributed by atoms with Gasteiger partial charge in [0, 0.05) is 12.7 Å². The van der Waals surface area contributed by atoms with E-state index in [0.29, 0.717) is 12.1 Å². The summed E-state index contributed by atoms with van der Waals surface area (Å²) in [4.78, 5) is 12.3. The quantitative estimate of drug-likeness (QED) is 0.728. The lowest BCUT2D eigenvalue weighted by Gasteiger charge is -2.14. The van der Waals surface area contributed by atoms with Crippen molar-refractivity contribution in [3.05, 3.63) is 89.2 Å². The fourth-order valence-electron chi connectivity index (χ4n) is 2.70. The minimum absolute atomic E-state index is 0.160. The van der Waals surface area contributed by atoms with E-state index in [1.54, 1.807) is 17.1 Å². The van der Waals surface area contributed by atoms with Gasteiger partial charge in [-0.25, -0.2) is 0 Å². The maximum atomic E-state index is 12.3. The number of aliphatic hydroxyl groups is 1. The molecular formula is C20H21N3O2. The Morgan fingerprint density at radius 3 is 2.64 bits per heavy atom. The van der Waals surface area contributed by atoms with Crippen LogP contribution in [0.15, 0.2) is 67.0 Å². The third-order valence-corrected chi connectivity index (χ3v) is 4.09. The van der Waals surface area contributed by atoms with E-state index in [9.17, 15) is 9.90 Å². The van der Waals surface area contributed by atoms with E-state index in [1.165, 1.54) is 0 Å². The van der Waals surface area contributed by atoms with Crippen LogP contribution >= 0.6 is 0 Å². The molecule has 3 rings (SSSR count). The summed E-state index contributed by atoms with van der Waals surface area (Å²) < 4.78 is 1.72. The Morgan fingerprint density at radius 1 is 1.16 bits per heavy atom. The molecule has 1 heterocycles. The van der Waals surface area contributed by atoms with Crippen LogP contribution in [0.2, 0.25) is 0 Å². The zero-order valence-electron chi connectivity index (χ0n) is 14.1. The Morgan fingerprint density at radius 2 is 1.88 bits per heavy atom. The summed E-state index contributed by atoms with van der Waals surface area (Å²) in [6.07, 6.45) is 2.52. The molecule has 0 bridgehead atoms. The van der Waals surface area contributed by atoms with Gasteiger partial charge in [-0.15, -0.1) is 0 Å². The number of carbonyl (C=O) groups is 1. The highest BCUT2D eigenvalue weighted by Crippen LogP contribution is 2.16. The molecule has 2 aromatic carbocycles. The van der Waals surface area contributed by atoms with Crippen LogP contribution in [0.25, 0.3) is 0 Å². The molecule has 0 spiro atoms. The Labute approximate surface area is 146 Å². The summed E-state index contributed by atoms with van der Waals surface area (Å²) in [5, 5.41) is 17.2. The highest BCUT2D eigenvalue weighted by atomic mass is 16.3. The molecule has 0 saturated carbocycles. The number of carbonyl (C=O) groups excluding carboxylic acids is 1. The predicted octanol–water partition coefficient (Wildman–Crippen LogP) is 2.70. The van der Waals surface area contributed by atoms with Gasteiger partial charge in [-0.2, -0.15) is 5.10 Å². The second-order valence-electron chi connectivity index (χ2n) is 5.99. The van der Waals surface area contributed by atoms with E-state index in [1.807, 2.05) is 61.5 Å². The predicted molar refractivity (Wildman–Crippen MR) is 96.2 cm³/mol. The standard InChI is InChI=1S/C20H21N3O2/c1-15-7-5-6-10-18(15)19(24)12-21-20(25)17-11-22-23(14-17)13-16-8-3-2-4-9-16/h2-11,14,19,24H,12-13H2,1H3,(H,21,25). The van der Waals surface area contributed by atoms with E-state index in [0.717, 1.165) is 16.7 Å². The highest BCUT2D eigenvalue weighted by Gasteiger charge is 2.13. The largest absolute Gasteiger partial charge is 0.387 e. The van der Waals surface area contributed by atoms with Gasteiger partial charge in [-0.05, 0) is 23.6 Å². The van der Waals surface area contributed by atoms with Gasteiger partial charge in [0.2, 0.25) is 0 Å². The van der Waals surface area contributed by atoms with E-state index in [4.69, 9.17) is 0 Å². The first kappa shape index (κ1) is 16.9. The molecule has 0 fully saturated rings. The van der Waals surface area contributed by atoms with Crippen LogP contribution in [0.3, 0.4) is 0 Å². The number of aliphatic hydroxyl groups excluding tert-OH is 1. The first-order valence-corrected chi connectivity index (χ1v) is 8.21. The fourth-order valence-corrected chi connectivity index (χ4v) is 2.70. The van der Waals surface area contributed by atoms with Crippen molar-refractivity contribution >= 4 is 5.91 Å². The minimum atomic E-state index is -0.732. The van der Waals surface area contributed by atoms with Crippen molar-refractivity contribution in [2.45, 2.75) is 19.6 Å². The van der Waals surface area contributed by atoms with Crippen LogP contribution < -0.4 is 5.32 Å². The summed E-state index contributed by atoms with van der Waals surface area (Å²) in [5.74, 6) is -0.244. The molecule has 1 aromatic heterocycles. The second-order valence-corrected chi connectivity index (χ2v) is 5.99. The van der Waals surface area contributed by atoms with Crippen molar-refractivity contribution in [3.8, 4) is 0 Å². The number of nitrogens with zero attached hydrogens (tertiary/aromatic N) is 2. The molecule has 2 N–H and O–H groups in total. The lowest BCUT2D eigenvalue weighted by molar-refractivity contribution is 0.0916. The first-order chi connectivity index (χ1) is 12.1. The molecule has 0 aliphatic heterocycles. The summed E-state index contributed by atoms with van der Waals surface area (Å²) in [6, 6.07) is 17.5. The summed E-state index contributed by atoms with van der Waals surface area (Å²) in [7, 11) is 0. The molecule has 0 saturated heterocycles. The third kappa shape index (κ3) is 4.33. The van der Waals surface area contributed by atoms with E-state index < -0.39 is 6.10 Å². The van der Waals surface area contributed by atoms with Crippen molar-refractivity contribution in [2.24, 2.45) is 0 Å². The molecule has 5 nitrogen and oxygen atoms in total. The zero-order valence-corrected chi connectivity index (χ0v) is 14.1. The smallest absolute Gasteiger partial charge is 0.254 e. The number of rotatable bonds is 6. The van der Waals surface area contributed by atoms with Gasteiger partial charge in [0.05, 0.1) is 24.4 Å². The molecule has 5 heteroatoms. The normalized spacial score (nSPS) is 11.9. The Bertz CT molecular complexity index is 843. The van der Waals surface area contributed by atoms with Gasteiger partial charge < -0.3 is 10.4 Å². The van der Waals surface area contributed by atoms with Crippen LogP contribution in [-0.4, -0.2) is 27.3 Å². The molecular weight excluding hydrogens is 314 g/mol. The third-order valence-electron chi connectivity index (χ3n) is 4.09. The maximum Gasteiger partial charge on any atom is 0.254 e. The molecule has 128 valence electrons. The minimum Gasteiger partial charge on any atom is -0.387 e. The summed E-state index contributed by atoms with van der Waals surface area (Å²) in [6.45, 7) is 2.71. The number of aromatic nitrogens is 2. The zero-order chi connectivity index (χ0) is 17.6. The lowest BCUT2D eigenvalue weighted by atomic mass is 10.0. The van der Waals surface area contributed by atoms with Gasteiger partial charge >= 0.3 is 0 Å². The van der Waals surface area contributed by atoms with Gasteiger partial charge in [0.25, 0.3) is 5.91 Å². The average molecular weight is 335 g/mol. The van der Waals surface area contributed by atoms with Gasteiger partial charge in [-0.3, -0.25) is 9.48 Å². The number of hydrogen-bond donors (Lipinski definition) is 2. The van der Waals surface area contributed by atoms with Crippen molar-refractivity contribution in [1.82, 2.24) is 15.1 Å². The van der Waals surface area contributed by atoms with E-state index >= 15 is 0 Å². The Hall–Kier alpha value is -2.92. The van der Waals surface area contributed by atoms with Crippen molar-refractivity contribution < 1.29 is 9.90 Å². The van der Waals surface area contributed by atoms with Gasteiger partial charge in [0.15, 0.2) is 0 Å². The van der Waals surface area contributed by atoms with Crippen LogP contribution in [-0.2, 0) is 6.54 Å². The first-order valence-electron chi connectivity index (χ1n) is 8.21. The summed E-state index contributed by atoms with van der Waals surface area (Å²) in [5.41, 5.74) is 3.42. The lowest BCUT2D eigenvalue weighted by Crippen LogP contribution is -2.28. The van der Waals surface area contributed by atoms with Crippen molar-refractivity contribution in [2.75, 3.05) is 6.54 Å². The molecule has 25 heavy (non-hydrogen) atoms. The Balaban J connectivity index is 1.58. The topological polar surface area (TPSA) is 67.2 Å². The SMILES string of the molecule is Cc1ccccc1C(O)CNC(=O)c1cnn(Cc2ccccc2)c1. The molecule has 0 aliphatic rings. The molecule has 1 amide bonds. The average Bonchev–Trinajstić information content (AvgIpc) is 3.09. The number of nitrogens with one attached hydrogen (secondary N) is 1. The van der Waals surface area contributed by atoms with Crippen molar-refractivity contribution in [3.63, 3.8) is 0 Å². The van der Waals surface area contributed by atoms with Crippen LogP contribution in [0.4, 0.5) is 0 Å². The van der Waals surface area contributed by atoms with Gasteiger partial charge in [-0.1, -0.05) is 54.6 Å². The number of amides is 1. The maximum absolute atomic E-state index is 12.3. The van der Waals surface area contributed by atoms with Crippen molar-refractivity contribution in [1.29, 1.82) is 0 Å². The fraction of sp³-hybridized carbons (Fsp3) is 0.200. The molecule has 0 aliphatic carbocycles. The number of aryl methyl sites for hydroxylation is 1. The molecule has 3 aromatic rings. The van der Waals surface area contributed by atoms with E-state index in [2.05, 4.69) is 10.4 Å². The summed E-state index contributed by atoms with van der Waals surface area (Å²) >= 11 is 0. The number of benzene rings is 2. The number of hydrogen-bond acceptors (Lipinski definition) is 3. The van der Waals surface area contributed by atoms with E-state index in [-0.39, 0.29) is 12.5 Å². The highest BCUT2D eigenvalue weighted by molar-refractivity contribution is 5.93. The van der Waals surface area contributed by atoms with Crippen LogP contribution in [0, 0.1) is 6.92 Å².